The van der Waals surface area contributed by atoms with Crippen LogP contribution in [0.15, 0.2) is 12.3 Å². The first-order valence-electron chi connectivity index (χ1n) is 7.77. The Morgan fingerprint density at radius 1 is 1.55 bits per heavy atom. The third-order valence-corrected chi connectivity index (χ3v) is 4.03. The molecule has 1 aliphatic carbocycles. The average molecular weight is 277 g/mol. The standard InChI is InChI=1S/C16H27N3O/c1-4-20-16(8-5-6-12(2)11-16)15-18-9-7-14(19-15)10-13(3)17/h7,9,12-13H,4-6,8,10-11,17H2,1-3H3. The fourth-order valence-electron chi connectivity index (χ4n) is 3.24. The molecule has 1 saturated carbocycles. The maximum atomic E-state index is 6.13. The summed E-state index contributed by atoms with van der Waals surface area (Å²) < 4.78 is 6.13. The van der Waals surface area contributed by atoms with Gasteiger partial charge in [0, 0.05) is 31.0 Å². The van der Waals surface area contributed by atoms with Gasteiger partial charge in [-0.05, 0) is 45.1 Å². The van der Waals surface area contributed by atoms with Gasteiger partial charge in [-0.15, -0.1) is 0 Å². The molecule has 1 aromatic rings. The predicted molar refractivity (Wildman–Crippen MR) is 80.3 cm³/mol. The van der Waals surface area contributed by atoms with Gasteiger partial charge in [-0.3, -0.25) is 0 Å². The second kappa shape index (κ2) is 6.64. The first kappa shape index (κ1) is 15.4. The molecule has 20 heavy (non-hydrogen) atoms. The highest BCUT2D eigenvalue weighted by Crippen LogP contribution is 2.41. The molecule has 1 heterocycles. The van der Waals surface area contributed by atoms with Gasteiger partial charge >= 0.3 is 0 Å². The molecule has 4 heteroatoms. The summed E-state index contributed by atoms with van der Waals surface area (Å²) in [5.74, 6) is 1.51. The number of aromatic nitrogens is 2. The fraction of sp³-hybridized carbons (Fsp3) is 0.750. The molecule has 0 amide bonds. The highest BCUT2D eigenvalue weighted by Gasteiger charge is 2.40. The van der Waals surface area contributed by atoms with Crippen LogP contribution >= 0.6 is 0 Å². The lowest BCUT2D eigenvalue weighted by Crippen LogP contribution is -2.37. The monoisotopic (exact) mass is 277 g/mol. The number of rotatable bonds is 5. The molecule has 0 radical (unpaired) electrons. The van der Waals surface area contributed by atoms with E-state index in [9.17, 15) is 0 Å². The van der Waals surface area contributed by atoms with Crippen molar-refractivity contribution in [3.63, 3.8) is 0 Å². The van der Waals surface area contributed by atoms with E-state index in [0.29, 0.717) is 12.5 Å². The summed E-state index contributed by atoms with van der Waals surface area (Å²) in [6, 6.07) is 2.07. The van der Waals surface area contributed by atoms with E-state index in [1.807, 2.05) is 26.1 Å². The van der Waals surface area contributed by atoms with Gasteiger partial charge in [0.05, 0.1) is 0 Å². The minimum Gasteiger partial charge on any atom is -0.367 e. The lowest BCUT2D eigenvalue weighted by molar-refractivity contribution is -0.0882. The SMILES string of the molecule is CCOC1(c2nccc(CC(C)N)n2)CCCC(C)C1. The van der Waals surface area contributed by atoms with E-state index in [0.717, 1.165) is 30.8 Å². The van der Waals surface area contributed by atoms with Gasteiger partial charge in [-0.25, -0.2) is 9.97 Å². The molecule has 0 bridgehead atoms. The first-order valence-corrected chi connectivity index (χ1v) is 7.77. The highest BCUT2D eigenvalue weighted by atomic mass is 16.5. The summed E-state index contributed by atoms with van der Waals surface area (Å²) in [4.78, 5) is 9.26. The number of ether oxygens (including phenoxy) is 1. The quantitative estimate of drug-likeness (QED) is 0.899. The predicted octanol–water partition coefficient (Wildman–Crippen LogP) is 2.81. The molecule has 1 aromatic heterocycles. The van der Waals surface area contributed by atoms with Crippen molar-refractivity contribution in [1.82, 2.24) is 9.97 Å². The summed E-state index contributed by atoms with van der Waals surface area (Å²) in [6.45, 7) is 7.04. The van der Waals surface area contributed by atoms with Crippen LogP contribution in [0.25, 0.3) is 0 Å². The van der Waals surface area contributed by atoms with Crippen molar-refractivity contribution >= 4 is 0 Å². The summed E-state index contributed by atoms with van der Waals surface area (Å²) in [6.07, 6.45) is 7.12. The van der Waals surface area contributed by atoms with Gasteiger partial charge in [0.2, 0.25) is 0 Å². The van der Waals surface area contributed by atoms with Crippen molar-refractivity contribution in [2.45, 2.75) is 64.5 Å². The Balaban J connectivity index is 2.28. The second-order valence-electron chi connectivity index (χ2n) is 6.18. The van der Waals surface area contributed by atoms with Crippen LogP contribution in [0.5, 0.6) is 0 Å². The number of nitrogens with two attached hydrogens (primary N) is 1. The smallest absolute Gasteiger partial charge is 0.160 e. The van der Waals surface area contributed by atoms with E-state index in [4.69, 9.17) is 15.5 Å². The van der Waals surface area contributed by atoms with E-state index in [2.05, 4.69) is 11.9 Å². The Morgan fingerprint density at radius 3 is 3.00 bits per heavy atom. The van der Waals surface area contributed by atoms with Gasteiger partial charge in [-0.2, -0.15) is 0 Å². The van der Waals surface area contributed by atoms with E-state index in [1.165, 1.54) is 12.8 Å². The van der Waals surface area contributed by atoms with Gasteiger partial charge in [0.15, 0.2) is 5.82 Å². The summed E-state index contributed by atoms with van der Waals surface area (Å²) >= 11 is 0. The molecule has 112 valence electrons. The Labute approximate surface area is 122 Å². The van der Waals surface area contributed by atoms with Gasteiger partial charge in [-0.1, -0.05) is 13.3 Å². The zero-order valence-corrected chi connectivity index (χ0v) is 12.9. The topological polar surface area (TPSA) is 61.0 Å². The van der Waals surface area contributed by atoms with E-state index < -0.39 is 0 Å². The minimum absolute atomic E-state index is 0.117. The Hall–Kier alpha value is -1.00. The van der Waals surface area contributed by atoms with E-state index >= 15 is 0 Å². The van der Waals surface area contributed by atoms with Gasteiger partial charge in [0.25, 0.3) is 0 Å². The molecular formula is C16H27N3O. The van der Waals surface area contributed by atoms with Crippen LogP contribution in [0.3, 0.4) is 0 Å². The minimum atomic E-state index is -0.291. The van der Waals surface area contributed by atoms with Crippen LogP contribution in [0, 0.1) is 5.92 Å². The molecule has 0 aromatic carbocycles. The number of nitrogens with zero attached hydrogens (tertiary/aromatic N) is 2. The molecule has 2 N–H and O–H groups in total. The maximum absolute atomic E-state index is 6.13. The molecule has 4 nitrogen and oxygen atoms in total. The van der Waals surface area contributed by atoms with Crippen molar-refractivity contribution in [1.29, 1.82) is 0 Å². The maximum Gasteiger partial charge on any atom is 0.160 e. The molecule has 3 atom stereocenters. The fourth-order valence-corrected chi connectivity index (χ4v) is 3.24. The van der Waals surface area contributed by atoms with Crippen molar-refractivity contribution in [2.24, 2.45) is 11.7 Å². The van der Waals surface area contributed by atoms with Gasteiger partial charge in [0.1, 0.15) is 5.60 Å². The zero-order chi connectivity index (χ0) is 14.6. The normalized spacial score (nSPS) is 28.3. The van der Waals surface area contributed by atoms with Crippen LogP contribution in [-0.2, 0) is 16.8 Å². The second-order valence-corrected chi connectivity index (χ2v) is 6.18. The van der Waals surface area contributed by atoms with Crippen molar-refractivity contribution in [2.75, 3.05) is 6.61 Å². The van der Waals surface area contributed by atoms with Crippen molar-refractivity contribution < 1.29 is 4.74 Å². The van der Waals surface area contributed by atoms with E-state index in [-0.39, 0.29) is 11.6 Å². The molecule has 1 aliphatic rings. The Morgan fingerprint density at radius 2 is 2.35 bits per heavy atom. The van der Waals surface area contributed by atoms with Crippen molar-refractivity contribution in [3.8, 4) is 0 Å². The largest absolute Gasteiger partial charge is 0.367 e. The Kier molecular flexibility index (Phi) is 5.11. The molecule has 1 fully saturated rings. The summed E-state index contributed by atoms with van der Waals surface area (Å²) in [5.41, 5.74) is 6.60. The third-order valence-electron chi connectivity index (χ3n) is 4.03. The molecular weight excluding hydrogens is 250 g/mol. The molecule has 3 unspecified atom stereocenters. The van der Waals surface area contributed by atoms with Crippen LogP contribution < -0.4 is 5.73 Å². The van der Waals surface area contributed by atoms with Crippen LogP contribution in [0.4, 0.5) is 0 Å². The molecule has 0 aliphatic heterocycles. The van der Waals surface area contributed by atoms with Crippen LogP contribution in [0.1, 0.15) is 58.0 Å². The average Bonchev–Trinajstić information content (AvgIpc) is 2.38. The van der Waals surface area contributed by atoms with Crippen LogP contribution in [-0.4, -0.2) is 22.6 Å². The van der Waals surface area contributed by atoms with Crippen molar-refractivity contribution in [3.05, 3.63) is 23.8 Å². The van der Waals surface area contributed by atoms with Crippen LogP contribution in [0.2, 0.25) is 0 Å². The zero-order valence-electron chi connectivity index (χ0n) is 12.9. The molecule has 0 saturated heterocycles. The highest BCUT2D eigenvalue weighted by molar-refractivity contribution is 5.11. The molecule has 2 rings (SSSR count). The summed E-state index contributed by atoms with van der Waals surface area (Å²) in [5, 5.41) is 0. The first-order chi connectivity index (χ1) is 9.55. The third kappa shape index (κ3) is 3.55. The van der Waals surface area contributed by atoms with E-state index in [1.54, 1.807) is 0 Å². The lowest BCUT2D eigenvalue weighted by Gasteiger charge is -2.38. The number of hydrogen-bond acceptors (Lipinski definition) is 4. The lowest BCUT2D eigenvalue weighted by atomic mass is 9.78. The molecule has 0 spiro atoms. The van der Waals surface area contributed by atoms with Gasteiger partial charge < -0.3 is 10.5 Å². The Bertz CT molecular complexity index is 431. The number of hydrogen-bond donors (Lipinski definition) is 1. The summed E-state index contributed by atoms with van der Waals surface area (Å²) in [7, 11) is 0.